The fourth-order valence-corrected chi connectivity index (χ4v) is 4.48. The van der Waals surface area contributed by atoms with Crippen LogP contribution in [-0.4, -0.2) is 64.3 Å². The summed E-state index contributed by atoms with van der Waals surface area (Å²) in [5.74, 6) is 2.91. The molecule has 0 spiro atoms. The zero-order valence-electron chi connectivity index (χ0n) is 17.0. The van der Waals surface area contributed by atoms with E-state index in [9.17, 15) is 4.79 Å². The van der Waals surface area contributed by atoms with E-state index in [4.69, 9.17) is 4.74 Å². The Bertz CT molecular complexity index is 815. The molecule has 4 rings (SSSR count). The lowest BCUT2D eigenvalue weighted by Crippen LogP contribution is -2.40. The fraction of sp³-hybridized carbons (Fsp3) is 0.600. The van der Waals surface area contributed by atoms with Crippen LogP contribution in [0.15, 0.2) is 24.3 Å². The minimum Gasteiger partial charge on any atom is -0.497 e. The van der Waals surface area contributed by atoms with E-state index in [2.05, 4.69) is 20.8 Å². The summed E-state index contributed by atoms with van der Waals surface area (Å²) in [7, 11) is 1.65. The number of hydrogen-bond acceptors (Lipinski definition) is 6. The molecule has 8 nitrogen and oxygen atoms in total. The number of likely N-dealkylation sites (tertiary alicyclic amines) is 1. The van der Waals surface area contributed by atoms with E-state index in [0.29, 0.717) is 24.1 Å². The van der Waals surface area contributed by atoms with Crippen LogP contribution >= 0.6 is 12.4 Å². The predicted octanol–water partition coefficient (Wildman–Crippen LogP) is 1.65. The van der Waals surface area contributed by atoms with E-state index >= 15 is 0 Å². The van der Waals surface area contributed by atoms with Gasteiger partial charge in [-0.25, -0.2) is 4.68 Å². The monoisotopic (exact) mass is 420 g/mol. The van der Waals surface area contributed by atoms with Gasteiger partial charge in [-0.15, -0.1) is 17.5 Å². The molecule has 2 aliphatic heterocycles. The number of aromatic nitrogens is 4. The molecule has 3 atom stereocenters. The molecule has 2 saturated heterocycles. The average Bonchev–Trinajstić information content (AvgIpc) is 3.30. The van der Waals surface area contributed by atoms with Crippen LogP contribution in [0.2, 0.25) is 0 Å². The first-order chi connectivity index (χ1) is 13.7. The summed E-state index contributed by atoms with van der Waals surface area (Å²) in [6.45, 7) is 5.59. The first-order valence-electron chi connectivity index (χ1n) is 10.0. The molecule has 2 aliphatic rings. The molecule has 3 heterocycles. The largest absolute Gasteiger partial charge is 0.497 e. The molecular formula is C20H29ClN6O2. The van der Waals surface area contributed by atoms with E-state index in [1.54, 1.807) is 11.8 Å². The van der Waals surface area contributed by atoms with Gasteiger partial charge < -0.3 is 15.0 Å². The van der Waals surface area contributed by atoms with E-state index in [1.807, 2.05) is 36.1 Å². The van der Waals surface area contributed by atoms with Crippen LogP contribution < -0.4 is 10.1 Å². The van der Waals surface area contributed by atoms with Crippen LogP contribution in [0.1, 0.15) is 30.3 Å². The number of benzene rings is 1. The molecular weight excluding hydrogens is 392 g/mol. The highest BCUT2D eigenvalue weighted by atomic mass is 35.5. The number of hydrogen-bond donors (Lipinski definition) is 1. The van der Waals surface area contributed by atoms with Gasteiger partial charge >= 0.3 is 0 Å². The summed E-state index contributed by atoms with van der Waals surface area (Å²) in [4.78, 5) is 15.6. The van der Waals surface area contributed by atoms with E-state index in [-0.39, 0.29) is 18.3 Å². The SMILES string of the molecule is COc1cccc(CC(C(=O)N2CC[C@@H]3CNC[C@@H]3CC2)n2nnnc2C)c1.Cl. The highest BCUT2D eigenvalue weighted by molar-refractivity contribution is 5.85. The molecule has 9 heteroatoms. The first kappa shape index (κ1) is 21.5. The van der Waals surface area contributed by atoms with Gasteiger partial charge in [0.15, 0.2) is 0 Å². The number of ether oxygens (including phenoxy) is 1. The van der Waals surface area contributed by atoms with Gasteiger partial charge in [-0.3, -0.25) is 4.79 Å². The number of fused-ring (bicyclic) bond motifs is 1. The maximum Gasteiger partial charge on any atom is 0.247 e. The normalized spacial score (nSPS) is 22.3. The maximum atomic E-state index is 13.5. The Labute approximate surface area is 177 Å². The van der Waals surface area contributed by atoms with Crippen LogP contribution in [0.4, 0.5) is 0 Å². The number of rotatable bonds is 5. The number of methoxy groups -OCH3 is 1. The Morgan fingerprint density at radius 1 is 1.28 bits per heavy atom. The van der Waals surface area contributed by atoms with E-state index in [0.717, 1.165) is 50.3 Å². The van der Waals surface area contributed by atoms with Crippen LogP contribution in [-0.2, 0) is 11.2 Å². The number of aryl methyl sites for hydroxylation is 1. The summed E-state index contributed by atoms with van der Waals surface area (Å²) < 4.78 is 7.00. The number of halogens is 1. The van der Waals surface area contributed by atoms with Crippen molar-refractivity contribution in [2.75, 3.05) is 33.3 Å². The lowest BCUT2D eigenvalue weighted by molar-refractivity contribution is -0.135. The minimum absolute atomic E-state index is 0. The molecule has 0 radical (unpaired) electrons. The lowest BCUT2D eigenvalue weighted by Gasteiger charge is -2.27. The van der Waals surface area contributed by atoms with Gasteiger partial charge in [0.25, 0.3) is 0 Å². The van der Waals surface area contributed by atoms with Gasteiger partial charge in [-0.1, -0.05) is 12.1 Å². The summed E-state index contributed by atoms with van der Waals surface area (Å²) in [5.41, 5.74) is 1.03. The van der Waals surface area contributed by atoms with Gasteiger partial charge in [0.05, 0.1) is 7.11 Å². The van der Waals surface area contributed by atoms with Crippen LogP contribution in [0.5, 0.6) is 5.75 Å². The molecule has 158 valence electrons. The third kappa shape index (κ3) is 4.70. The van der Waals surface area contributed by atoms with Gasteiger partial charge in [0, 0.05) is 19.5 Å². The topological polar surface area (TPSA) is 85.2 Å². The smallest absolute Gasteiger partial charge is 0.247 e. The third-order valence-electron chi connectivity index (χ3n) is 6.13. The van der Waals surface area contributed by atoms with Crippen molar-refractivity contribution in [3.8, 4) is 5.75 Å². The van der Waals surface area contributed by atoms with Crippen LogP contribution in [0, 0.1) is 18.8 Å². The van der Waals surface area contributed by atoms with Crippen molar-refractivity contribution in [1.82, 2.24) is 30.4 Å². The molecule has 1 N–H and O–H groups in total. The maximum absolute atomic E-state index is 13.5. The molecule has 0 aliphatic carbocycles. The van der Waals surface area contributed by atoms with Crippen molar-refractivity contribution in [3.05, 3.63) is 35.7 Å². The van der Waals surface area contributed by atoms with Crippen LogP contribution in [0.3, 0.4) is 0 Å². The van der Waals surface area contributed by atoms with Crippen molar-refractivity contribution >= 4 is 18.3 Å². The molecule has 29 heavy (non-hydrogen) atoms. The van der Waals surface area contributed by atoms with Crippen molar-refractivity contribution in [1.29, 1.82) is 0 Å². The molecule has 1 unspecified atom stereocenters. The van der Waals surface area contributed by atoms with Gasteiger partial charge in [0.2, 0.25) is 5.91 Å². The number of nitrogens with one attached hydrogen (secondary N) is 1. The molecule has 2 fully saturated rings. The van der Waals surface area contributed by atoms with Crippen molar-refractivity contribution in [2.45, 2.75) is 32.2 Å². The Morgan fingerprint density at radius 3 is 2.62 bits per heavy atom. The molecule has 1 aromatic heterocycles. The fourth-order valence-electron chi connectivity index (χ4n) is 4.48. The highest BCUT2D eigenvalue weighted by Gasteiger charge is 2.34. The summed E-state index contributed by atoms with van der Waals surface area (Å²) in [6.07, 6.45) is 2.65. The Kier molecular flexibility index (Phi) is 7.08. The number of carbonyl (C=O) groups is 1. The number of tetrazole rings is 1. The lowest BCUT2D eigenvalue weighted by atomic mass is 9.92. The highest BCUT2D eigenvalue weighted by Crippen LogP contribution is 2.29. The third-order valence-corrected chi connectivity index (χ3v) is 6.13. The molecule has 0 bridgehead atoms. The molecule has 0 saturated carbocycles. The molecule has 2 aromatic rings. The van der Waals surface area contributed by atoms with Crippen molar-refractivity contribution < 1.29 is 9.53 Å². The van der Waals surface area contributed by atoms with Crippen molar-refractivity contribution in [3.63, 3.8) is 0 Å². The van der Waals surface area contributed by atoms with Gasteiger partial charge in [0.1, 0.15) is 17.6 Å². The Hall–Kier alpha value is -2.19. The molecule has 1 aromatic carbocycles. The predicted molar refractivity (Wildman–Crippen MR) is 111 cm³/mol. The minimum atomic E-state index is -0.446. The second-order valence-corrected chi connectivity index (χ2v) is 7.82. The van der Waals surface area contributed by atoms with Crippen LogP contribution in [0.25, 0.3) is 0 Å². The Morgan fingerprint density at radius 2 is 2.00 bits per heavy atom. The summed E-state index contributed by atoms with van der Waals surface area (Å²) in [5, 5.41) is 15.4. The van der Waals surface area contributed by atoms with E-state index in [1.165, 1.54) is 0 Å². The first-order valence-corrected chi connectivity index (χ1v) is 10.0. The zero-order valence-corrected chi connectivity index (χ0v) is 17.8. The number of amides is 1. The zero-order chi connectivity index (χ0) is 19.5. The van der Waals surface area contributed by atoms with E-state index < -0.39 is 6.04 Å². The quantitative estimate of drug-likeness (QED) is 0.791. The van der Waals surface area contributed by atoms with Gasteiger partial charge in [-0.2, -0.15) is 0 Å². The standard InChI is InChI=1S/C20H28N6O2.ClH/c1-14-22-23-24-26(14)19(11-15-4-3-5-18(10-15)28-2)20(27)25-8-6-16-12-21-13-17(16)7-9-25;/h3-5,10,16-17,19,21H,6-9,11-13H2,1-2H3;1H/t16-,17+,19?;. The second-order valence-electron chi connectivity index (χ2n) is 7.82. The van der Waals surface area contributed by atoms with Gasteiger partial charge in [-0.05, 0) is 72.8 Å². The number of carbonyl (C=O) groups excluding carboxylic acids is 1. The summed E-state index contributed by atoms with van der Waals surface area (Å²) in [6, 6.07) is 7.39. The Balaban J connectivity index is 0.00000240. The average molecular weight is 421 g/mol. The number of nitrogens with zero attached hydrogens (tertiary/aromatic N) is 5. The summed E-state index contributed by atoms with van der Waals surface area (Å²) >= 11 is 0. The molecule has 1 amide bonds. The van der Waals surface area contributed by atoms with Crippen molar-refractivity contribution in [2.24, 2.45) is 11.8 Å². The second kappa shape index (κ2) is 9.54.